The molecule has 0 saturated heterocycles. The van der Waals surface area contributed by atoms with Gasteiger partial charge in [-0.3, -0.25) is 4.79 Å². The van der Waals surface area contributed by atoms with Crippen molar-refractivity contribution in [3.8, 4) is 0 Å². The molecule has 0 saturated carbocycles. The molecular weight excluding hydrogens is 128 g/mol. The van der Waals surface area contributed by atoms with Crippen LogP contribution in [0.15, 0.2) is 24.3 Å². The molecule has 1 aromatic carbocycles. The lowest BCUT2D eigenvalue weighted by atomic mass is 9.84. The monoisotopic (exact) mass is 133 g/mol. The highest BCUT2D eigenvalue weighted by atomic mass is 16.3. The van der Waals surface area contributed by atoms with Crippen LogP contribution in [-0.2, 0) is 5.11 Å². The Morgan fingerprint density at radius 3 is 2.60 bits per heavy atom. The second-order valence-corrected chi connectivity index (χ2v) is 2.33. The molecule has 1 aromatic rings. The van der Waals surface area contributed by atoms with Crippen LogP contribution in [0.2, 0.25) is 0 Å². The molecule has 0 fully saturated rings. The quantitative estimate of drug-likeness (QED) is 0.526. The average Bonchev–Trinajstić information content (AvgIpc) is 2.03. The molecule has 0 spiro atoms. The van der Waals surface area contributed by atoms with Gasteiger partial charge >= 0.3 is 0 Å². The minimum absolute atomic E-state index is 0.268. The molecule has 0 aliphatic heterocycles. The van der Waals surface area contributed by atoms with Crippen LogP contribution >= 0.6 is 0 Å². The second kappa shape index (κ2) is 1.67. The topological polar surface area (TPSA) is 37.0 Å². The van der Waals surface area contributed by atoms with E-state index in [0.29, 0.717) is 11.1 Å². The molecule has 0 aromatic heterocycles. The molecule has 0 bridgehead atoms. The standard InChI is InChI=1S/C8H5O2/c9-7-5-3-1-2-4-6(5)8(7)10/h1-4,7H. The summed E-state index contributed by atoms with van der Waals surface area (Å²) in [6.07, 6.45) is -1.10. The molecule has 1 radical (unpaired) electrons. The smallest absolute Gasteiger partial charge is 0.199 e. The van der Waals surface area contributed by atoms with Gasteiger partial charge in [0.2, 0.25) is 0 Å². The first-order valence-electron chi connectivity index (χ1n) is 3.09. The summed E-state index contributed by atoms with van der Waals surface area (Å²) in [6, 6.07) is 6.93. The van der Waals surface area contributed by atoms with Crippen molar-refractivity contribution in [2.45, 2.75) is 6.10 Å². The van der Waals surface area contributed by atoms with E-state index in [-0.39, 0.29) is 5.78 Å². The summed E-state index contributed by atoms with van der Waals surface area (Å²) in [4.78, 5) is 10.7. The maximum Gasteiger partial charge on any atom is 0.199 e. The number of carbonyl (C=O) groups is 1. The van der Waals surface area contributed by atoms with Crippen molar-refractivity contribution in [3.05, 3.63) is 35.4 Å². The Labute approximate surface area is 58.1 Å². The Balaban J connectivity index is 2.60. The van der Waals surface area contributed by atoms with Crippen molar-refractivity contribution in [1.82, 2.24) is 0 Å². The van der Waals surface area contributed by atoms with Gasteiger partial charge < -0.3 is 0 Å². The van der Waals surface area contributed by atoms with Crippen LogP contribution in [0.4, 0.5) is 0 Å². The Bertz CT molecular complexity index is 291. The van der Waals surface area contributed by atoms with Crippen molar-refractivity contribution in [2.75, 3.05) is 0 Å². The van der Waals surface area contributed by atoms with Gasteiger partial charge in [0.25, 0.3) is 0 Å². The Morgan fingerprint density at radius 2 is 1.90 bits per heavy atom. The molecule has 1 unspecified atom stereocenters. The Morgan fingerprint density at radius 1 is 1.20 bits per heavy atom. The van der Waals surface area contributed by atoms with E-state index in [0.717, 1.165) is 0 Å². The number of rotatable bonds is 0. The molecule has 2 rings (SSSR count). The number of Topliss-reactive ketones (excluding diaryl/α,β-unsaturated/α-hetero) is 1. The van der Waals surface area contributed by atoms with E-state index in [4.69, 9.17) is 0 Å². The lowest BCUT2D eigenvalue weighted by Gasteiger charge is -2.20. The minimum Gasteiger partial charge on any atom is -0.291 e. The van der Waals surface area contributed by atoms with Crippen LogP contribution < -0.4 is 0 Å². The van der Waals surface area contributed by atoms with Crippen molar-refractivity contribution in [1.29, 1.82) is 0 Å². The van der Waals surface area contributed by atoms with E-state index in [2.05, 4.69) is 0 Å². The molecule has 10 heavy (non-hydrogen) atoms. The van der Waals surface area contributed by atoms with Crippen LogP contribution in [0, 0.1) is 0 Å². The van der Waals surface area contributed by atoms with E-state index in [9.17, 15) is 9.90 Å². The molecule has 0 heterocycles. The number of fused-ring (bicyclic) bond motifs is 1. The first kappa shape index (κ1) is 5.62. The van der Waals surface area contributed by atoms with Gasteiger partial charge in [0.1, 0.15) is 0 Å². The molecule has 1 aliphatic carbocycles. The van der Waals surface area contributed by atoms with Gasteiger partial charge in [-0.05, 0) is 0 Å². The van der Waals surface area contributed by atoms with Crippen molar-refractivity contribution in [3.63, 3.8) is 0 Å². The van der Waals surface area contributed by atoms with E-state index >= 15 is 0 Å². The number of ketones is 1. The van der Waals surface area contributed by atoms with E-state index in [1.54, 1.807) is 24.3 Å². The van der Waals surface area contributed by atoms with Crippen LogP contribution in [0.25, 0.3) is 0 Å². The zero-order chi connectivity index (χ0) is 7.14. The third-order valence-corrected chi connectivity index (χ3v) is 1.75. The summed E-state index contributed by atoms with van der Waals surface area (Å²) in [5, 5.41) is 10.8. The number of hydrogen-bond donors (Lipinski definition) is 0. The highest BCUT2D eigenvalue weighted by Gasteiger charge is 2.34. The number of benzene rings is 1. The third kappa shape index (κ3) is 0.491. The first-order valence-corrected chi connectivity index (χ1v) is 3.09. The maximum atomic E-state index is 10.8. The number of carbonyl (C=O) groups excluding carboxylic acids is 1. The van der Waals surface area contributed by atoms with Gasteiger partial charge in [0, 0.05) is 11.1 Å². The van der Waals surface area contributed by atoms with Crippen LogP contribution in [0.1, 0.15) is 22.0 Å². The predicted octanol–water partition coefficient (Wildman–Crippen LogP) is 1.35. The van der Waals surface area contributed by atoms with Crippen molar-refractivity contribution >= 4 is 5.78 Å². The van der Waals surface area contributed by atoms with E-state index in [1.165, 1.54) is 0 Å². The first-order chi connectivity index (χ1) is 4.80. The third-order valence-electron chi connectivity index (χ3n) is 1.75. The fourth-order valence-electron chi connectivity index (χ4n) is 1.15. The fourth-order valence-corrected chi connectivity index (χ4v) is 1.15. The fraction of sp³-hybridized carbons (Fsp3) is 0.125. The Hall–Kier alpha value is -1.15. The molecular formula is C8H5O2. The molecule has 1 aliphatic rings. The van der Waals surface area contributed by atoms with Gasteiger partial charge in [0.05, 0.1) is 0 Å². The van der Waals surface area contributed by atoms with Gasteiger partial charge in [-0.1, -0.05) is 24.3 Å². The number of hydrogen-bond acceptors (Lipinski definition) is 1. The zero-order valence-corrected chi connectivity index (χ0v) is 5.20. The largest absolute Gasteiger partial charge is 0.291 e. The SMILES string of the molecule is [O]C1C(=O)c2ccccc21. The van der Waals surface area contributed by atoms with Crippen LogP contribution in [0.5, 0.6) is 0 Å². The van der Waals surface area contributed by atoms with E-state index in [1.807, 2.05) is 0 Å². The van der Waals surface area contributed by atoms with Gasteiger partial charge in [-0.2, -0.15) is 0 Å². The lowest BCUT2D eigenvalue weighted by Crippen LogP contribution is -2.24. The molecule has 0 N–H and O–H groups in total. The summed E-state index contributed by atoms with van der Waals surface area (Å²) < 4.78 is 0. The normalized spacial score (nSPS) is 21.7. The summed E-state index contributed by atoms with van der Waals surface area (Å²) in [5.74, 6) is -0.268. The minimum atomic E-state index is -1.10. The predicted molar refractivity (Wildman–Crippen MR) is 34.2 cm³/mol. The summed E-state index contributed by atoms with van der Waals surface area (Å²) in [7, 11) is 0. The highest BCUT2D eigenvalue weighted by Crippen LogP contribution is 2.32. The summed E-state index contributed by atoms with van der Waals surface area (Å²) in [5.41, 5.74) is 1.25. The van der Waals surface area contributed by atoms with Crippen LogP contribution in [-0.4, -0.2) is 5.78 Å². The van der Waals surface area contributed by atoms with Gasteiger partial charge in [-0.15, -0.1) is 0 Å². The van der Waals surface area contributed by atoms with Crippen molar-refractivity contribution in [2.24, 2.45) is 0 Å². The maximum absolute atomic E-state index is 10.8. The van der Waals surface area contributed by atoms with Crippen molar-refractivity contribution < 1.29 is 9.90 Å². The van der Waals surface area contributed by atoms with Gasteiger partial charge in [0.15, 0.2) is 11.9 Å². The second-order valence-electron chi connectivity index (χ2n) is 2.33. The van der Waals surface area contributed by atoms with E-state index < -0.39 is 6.10 Å². The molecule has 0 amide bonds. The molecule has 49 valence electrons. The molecule has 1 atom stereocenters. The Kier molecular flexibility index (Phi) is 0.939. The summed E-state index contributed by atoms with van der Waals surface area (Å²) in [6.45, 7) is 0. The molecule has 2 nitrogen and oxygen atoms in total. The average molecular weight is 133 g/mol. The highest BCUT2D eigenvalue weighted by molar-refractivity contribution is 6.09. The molecule has 2 heteroatoms. The summed E-state index contributed by atoms with van der Waals surface area (Å²) >= 11 is 0. The zero-order valence-electron chi connectivity index (χ0n) is 5.20. The lowest BCUT2D eigenvalue weighted by molar-refractivity contribution is 0.0448. The van der Waals surface area contributed by atoms with Crippen LogP contribution in [0.3, 0.4) is 0 Å². The van der Waals surface area contributed by atoms with Gasteiger partial charge in [-0.25, -0.2) is 5.11 Å².